The number of hydrogen-bond acceptors (Lipinski definition) is 4. The summed E-state index contributed by atoms with van der Waals surface area (Å²) in [5, 5.41) is 2.75. The van der Waals surface area contributed by atoms with E-state index in [2.05, 4.69) is 10.1 Å². The van der Waals surface area contributed by atoms with Crippen LogP contribution in [0.5, 0.6) is 17.2 Å². The van der Waals surface area contributed by atoms with Crippen molar-refractivity contribution in [3.05, 3.63) is 53.6 Å². The van der Waals surface area contributed by atoms with Gasteiger partial charge in [-0.05, 0) is 37.3 Å². The summed E-state index contributed by atoms with van der Waals surface area (Å²) in [6.07, 6.45) is 0. The molecule has 7 heteroatoms. The van der Waals surface area contributed by atoms with E-state index in [1.807, 2.05) is 0 Å². The highest BCUT2D eigenvalue weighted by molar-refractivity contribution is 5.97. The molecule has 0 aliphatic heterocycles. The molecule has 1 amide bonds. The maximum absolute atomic E-state index is 12.5. The molecule has 2 aromatic carbocycles. The molecule has 134 valence electrons. The lowest BCUT2D eigenvalue weighted by Crippen LogP contribution is -2.27. The molecule has 0 aliphatic rings. The number of amides is 1. The summed E-state index contributed by atoms with van der Waals surface area (Å²) in [6.45, 7) is -1.25. The first kappa shape index (κ1) is 18.5. The van der Waals surface area contributed by atoms with Crippen molar-refractivity contribution < 1.29 is 27.8 Å². The van der Waals surface area contributed by atoms with Gasteiger partial charge in [-0.2, -0.15) is 8.78 Å². The predicted molar refractivity (Wildman–Crippen MR) is 88.5 cm³/mol. The van der Waals surface area contributed by atoms with Gasteiger partial charge in [0.25, 0.3) is 5.91 Å². The van der Waals surface area contributed by atoms with Crippen LogP contribution in [0.15, 0.2) is 42.5 Å². The third kappa shape index (κ3) is 4.59. The molecule has 1 N–H and O–H groups in total. The Morgan fingerprint density at radius 2 is 1.76 bits per heavy atom. The van der Waals surface area contributed by atoms with Gasteiger partial charge < -0.3 is 19.5 Å². The number of rotatable bonds is 7. The van der Waals surface area contributed by atoms with Crippen LogP contribution in [-0.4, -0.2) is 26.7 Å². The zero-order valence-electron chi connectivity index (χ0n) is 14.1. The molecule has 0 bridgehead atoms. The molecule has 0 saturated heterocycles. The second kappa shape index (κ2) is 8.32. The van der Waals surface area contributed by atoms with E-state index in [1.165, 1.54) is 32.4 Å². The molecule has 0 aromatic heterocycles. The van der Waals surface area contributed by atoms with Crippen molar-refractivity contribution in [2.45, 2.75) is 19.6 Å². The number of para-hydroxylation sites is 1. The predicted octanol–water partition coefficient (Wildman–Crippen LogP) is 3.80. The molecule has 0 heterocycles. The molecule has 5 nitrogen and oxygen atoms in total. The van der Waals surface area contributed by atoms with E-state index in [0.29, 0.717) is 17.1 Å². The smallest absolute Gasteiger partial charge is 0.387 e. The van der Waals surface area contributed by atoms with Crippen molar-refractivity contribution in [1.29, 1.82) is 0 Å². The van der Waals surface area contributed by atoms with Crippen molar-refractivity contribution in [2.24, 2.45) is 0 Å². The highest BCUT2D eigenvalue weighted by Crippen LogP contribution is 2.30. The van der Waals surface area contributed by atoms with Crippen LogP contribution in [0.4, 0.5) is 8.78 Å². The summed E-state index contributed by atoms with van der Waals surface area (Å²) >= 11 is 0. The summed E-state index contributed by atoms with van der Waals surface area (Å²) in [5.74, 6) is 0.470. The number of carbonyl (C=O) groups excluding carboxylic acids is 1. The number of alkyl halides is 2. The van der Waals surface area contributed by atoms with Crippen molar-refractivity contribution in [3.63, 3.8) is 0 Å². The van der Waals surface area contributed by atoms with Gasteiger partial charge in [0.05, 0.1) is 25.8 Å². The number of methoxy groups -OCH3 is 2. The highest BCUT2D eigenvalue weighted by Gasteiger charge is 2.19. The zero-order chi connectivity index (χ0) is 18.4. The van der Waals surface area contributed by atoms with E-state index in [0.717, 1.165) is 0 Å². The quantitative estimate of drug-likeness (QED) is 0.824. The van der Waals surface area contributed by atoms with E-state index in [4.69, 9.17) is 9.47 Å². The largest absolute Gasteiger partial charge is 0.497 e. The zero-order valence-corrected chi connectivity index (χ0v) is 14.1. The monoisotopic (exact) mass is 351 g/mol. The van der Waals surface area contributed by atoms with Crippen molar-refractivity contribution in [1.82, 2.24) is 5.32 Å². The molecule has 0 saturated carbocycles. The highest BCUT2D eigenvalue weighted by atomic mass is 19.3. The molecule has 2 aromatic rings. The fraction of sp³-hybridized carbons (Fsp3) is 0.278. The van der Waals surface area contributed by atoms with Gasteiger partial charge in [0.1, 0.15) is 17.2 Å². The van der Waals surface area contributed by atoms with Gasteiger partial charge in [-0.25, -0.2) is 0 Å². The second-order valence-electron chi connectivity index (χ2n) is 5.18. The molecule has 1 unspecified atom stereocenters. The lowest BCUT2D eigenvalue weighted by Gasteiger charge is -2.19. The number of carbonyl (C=O) groups is 1. The fourth-order valence-electron chi connectivity index (χ4n) is 2.38. The second-order valence-corrected chi connectivity index (χ2v) is 5.18. The molecule has 2 rings (SSSR count). The van der Waals surface area contributed by atoms with Crippen molar-refractivity contribution in [3.8, 4) is 17.2 Å². The Bertz CT molecular complexity index is 737. The Morgan fingerprint density at radius 3 is 2.40 bits per heavy atom. The SMILES string of the molecule is COc1ccc(OC)c(C(C)NC(=O)c2ccccc2OC(F)F)c1. The van der Waals surface area contributed by atoms with Gasteiger partial charge in [-0.1, -0.05) is 12.1 Å². The Kier molecular flexibility index (Phi) is 6.16. The molecule has 25 heavy (non-hydrogen) atoms. The standard InChI is InChI=1S/C18H19F2NO4/c1-11(14-10-12(23-2)8-9-15(14)24-3)21-17(22)13-6-4-5-7-16(13)25-18(19)20/h4-11,18H,1-3H3,(H,21,22). The number of hydrogen-bond donors (Lipinski definition) is 1. The van der Waals surface area contributed by atoms with Gasteiger partial charge in [0.2, 0.25) is 0 Å². The number of ether oxygens (including phenoxy) is 3. The summed E-state index contributed by atoms with van der Waals surface area (Å²) < 4.78 is 39.9. The van der Waals surface area contributed by atoms with Crippen LogP contribution in [0.25, 0.3) is 0 Å². The molecular formula is C18H19F2NO4. The van der Waals surface area contributed by atoms with E-state index in [9.17, 15) is 13.6 Å². The normalized spacial score (nSPS) is 11.8. The van der Waals surface area contributed by atoms with E-state index >= 15 is 0 Å². The number of halogens is 2. The van der Waals surface area contributed by atoms with Crippen molar-refractivity contribution >= 4 is 5.91 Å². The molecular weight excluding hydrogens is 332 g/mol. The number of nitrogens with one attached hydrogen (secondary N) is 1. The van der Waals surface area contributed by atoms with E-state index in [-0.39, 0.29) is 11.3 Å². The van der Waals surface area contributed by atoms with Crippen LogP contribution >= 0.6 is 0 Å². The first-order chi connectivity index (χ1) is 12.0. The maximum Gasteiger partial charge on any atom is 0.387 e. The third-order valence-corrected chi connectivity index (χ3v) is 3.60. The van der Waals surface area contributed by atoms with Crippen LogP contribution in [-0.2, 0) is 0 Å². The lowest BCUT2D eigenvalue weighted by molar-refractivity contribution is -0.0501. The average Bonchev–Trinajstić information content (AvgIpc) is 2.60. The van der Waals surface area contributed by atoms with Crippen LogP contribution in [0, 0.1) is 0 Å². The first-order valence-corrected chi connectivity index (χ1v) is 7.53. The Balaban J connectivity index is 2.24. The maximum atomic E-state index is 12.5. The van der Waals surface area contributed by atoms with Crippen LogP contribution in [0.2, 0.25) is 0 Å². The van der Waals surface area contributed by atoms with Crippen LogP contribution in [0.1, 0.15) is 28.9 Å². The Hall–Kier alpha value is -2.83. The topological polar surface area (TPSA) is 56.8 Å². The van der Waals surface area contributed by atoms with Crippen LogP contribution < -0.4 is 19.5 Å². The first-order valence-electron chi connectivity index (χ1n) is 7.53. The molecule has 0 radical (unpaired) electrons. The fourth-order valence-corrected chi connectivity index (χ4v) is 2.38. The minimum atomic E-state index is -3.01. The van der Waals surface area contributed by atoms with Crippen LogP contribution in [0.3, 0.4) is 0 Å². The van der Waals surface area contributed by atoms with E-state index in [1.54, 1.807) is 31.2 Å². The average molecular weight is 351 g/mol. The summed E-state index contributed by atoms with van der Waals surface area (Å²) in [4.78, 5) is 12.5. The Labute approximate surface area is 144 Å². The minimum Gasteiger partial charge on any atom is -0.497 e. The van der Waals surface area contributed by atoms with Gasteiger partial charge in [-0.3, -0.25) is 4.79 Å². The number of benzene rings is 2. The van der Waals surface area contributed by atoms with Gasteiger partial charge in [0.15, 0.2) is 0 Å². The summed E-state index contributed by atoms with van der Waals surface area (Å²) in [7, 11) is 3.05. The van der Waals surface area contributed by atoms with Gasteiger partial charge in [0, 0.05) is 5.56 Å². The molecule has 0 fully saturated rings. The minimum absolute atomic E-state index is 0.0245. The van der Waals surface area contributed by atoms with Crippen molar-refractivity contribution in [2.75, 3.05) is 14.2 Å². The molecule has 1 atom stereocenters. The third-order valence-electron chi connectivity index (χ3n) is 3.60. The molecule has 0 spiro atoms. The summed E-state index contributed by atoms with van der Waals surface area (Å²) in [5.41, 5.74) is 0.721. The van der Waals surface area contributed by atoms with E-state index < -0.39 is 18.6 Å². The van der Waals surface area contributed by atoms with Gasteiger partial charge >= 0.3 is 6.61 Å². The van der Waals surface area contributed by atoms with Gasteiger partial charge in [-0.15, -0.1) is 0 Å². The summed E-state index contributed by atoms with van der Waals surface area (Å²) in [6, 6.07) is 10.6. The molecule has 0 aliphatic carbocycles. The lowest BCUT2D eigenvalue weighted by atomic mass is 10.1. The Morgan fingerprint density at radius 1 is 1.04 bits per heavy atom.